The molecule has 1 aliphatic rings. The molecule has 8 heteroatoms. The smallest absolute Gasteiger partial charge is 0.279 e. The molecule has 0 fully saturated rings. The first kappa shape index (κ1) is 19.6. The zero-order valence-electron chi connectivity index (χ0n) is 17.2. The Kier molecular flexibility index (Phi) is 4.95. The molecule has 1 N–H and O–H groups in total. The van der Waals surface area contributed by atoms with Gasteiger partial charge in [-0.3, -0.25) is 9.59 Å². The Morgan fingerprint density at radius 2 is 1.75 bits per heavy atom. The summed E-state index contributed by atoms with van der Waals surface area (Å²) in [4.78, 5) is 26.3. The third kappa shape index (κ3) is 3.51. The highest BCUT2D eigenvalue weighted by molar-refractivity contribution is 6.11. The predicted molar refractivity (Wildman–Crippen MR) is 119 cm³/mol. The van der Waals surface area contributed by atoms with Crippen molar-refractivity contribution in [2.45, 2.75) is 0 Å². The van der Waals surface area contributed by atoms with E-state index in [0.29, 0.717) is 52.6 Å². The molecule has 0 saturated heterocycles. The lowest BCUT2D eigenvalue weighted by Gasteiger charge is -2.19. The van der Waals surface area contributed by atoms with Crippen LogP contribution in [0.15, 0.2) is 71.5 Å². The van der Waals surface area contributed by atoms with Crippen LogP contribution in [0.1, 0.15) is 10.5 Å². The zero-order valence-corrected chi connectivity index (χ0v) is 17.2. The van der Waals surface area contributed by atoms with E-state index < -0.39 is 5.91 Å². The first-order valence-electron chi connectivity index (χ1n) is 10.0. The van der Waals surface area contributed by atoms with Gasteiger partial charge in [-0.05, 0) is 30.3 Å². The molecule has 0 atom stereocenters. The van der Waals surface area contributed by atoms with E-state index in [1.807, 2.05) is 0 Å². The third-order valence-corrected chi connectivity index (χ3v) is 5.12. The van der Waals surface area contributed by atoms with Crippen molar-refractivity contribution < 1.29 is 19.0 Å². The van der Waals surface area contributed by atoms with Crippen LogP contribution < -0.4 is 25.1 Å². The molecule has 0 saturated carbocycles. The molecule has 8 nitrogen and oxygen atoms in total. The summed E-state index contributed by atoms with van der Waals surface area (Å²) < 4.78 is 17.6. The number of amides is 1. The molecule has 2 heterocycles. The molecule has 0 aliphatic carbocycles. The Balaban J connectivity index is 1.59. The lowest BCUT2D eigenvalue weighted by molar-refractivity contribution is 0.102. The molecule has 1 aromatic heterocycles. The second-order valence-electron chi connectivity index (χ2n) is 7.13. The summed E-state index contributed by atoms with van der Waals surface area (Å²) >= 11 is 0. The van der Waals surface area contributed by atoms with Crippen molar-refractivity contribution in [1.82, 2.24) is 9.78 Å². The molecule has 4 aromatic rings. The number of hydrogen-bond acceptors (Lipinski definition) is 6. The summed E-state index contributed by atoms with van der Waals surface area (Å²) in [6.07, 6.45) is 0. The summed E-state index contributed by atoms with van der Waals surface area (Å²) in [6, 6.07) is 19.0. The fourth-order valence-corrected chi connectivity index (χ4v) is 3.59. The molecule has 1 aliphatic heterocycles. The quantitative estimate of drug-likeness (QED) is 0.535. The average molecular weight is 429 g/mol. The van der Waals surface area contributed by atoms with E-state index in [4.69, 9.17) is 14.2 Å². The van der Waals surface area contributed by atoms with Gasteiger partial charge < -0.3 is 19.5 Å². The minimum atomic E-state index is -0.450. The molecule has 32 heavy (non-hydrogen) atoms. The Labute approximate surface area is 183 Å². The van der Waals surface area contributed by atoms with Crippen LogP contribution in [0.5, 0.6) is 17.2 Å². The van der Waals surface area contributed by atoms with Crippen molar-refractivity contribution in [2.24, 2.45) is 0 Å². The number of hydrogen-bond donors (Lipinski definition) is 1. The van der Waals surface area contributed by atoms with Crippen LogP contribution in [-0.2, 0) is 0 Å². The van der Waals surface area contributed by atoms with E-state index in [2.05, 4.69) is 10.4 Å². The van der Waals surface area contributed by atoms with Crippen LogP contribution in [0.25, 0.3) is 16.5 Å². The second-order valence-corrected chi connectivity index (χ2v) is 7.13. The normalized spacial score (nSPS) is 12.4. The maximum Gasteiger partial charge on any atom is 0.279 e. The Morgan fingerprint density at radius 1 is 0.969 bits per heavy atom. The molecule has 5 rings (SSSR count). The number of anilines is 1. The fourth-order valence-electron chi connectivity index (χ4n) is 3.59. The molecular weight excluding hydrogens is 410 g/mol. The topological polar surface area (TPSA) is 91.7 Å². The van der Waals surface area contributed by atoms with Crippen molar-refractivity contribution >= 4 is 22.4 Å². The predicted octanol–water partition coefficient (Wildman–Crippen LogP) is 3.42. The zero-order chi connectivity index (χ0) is 22.1. The maximum atomic E-state index is 13.2. The summed E-state index contributed by atoms with van der Waals surface area (Å²) in [7, 11) is 1.54. The highest BCUT2D eigenvalue weighted by Crippen LogP contribution is 2.32. The highest BCUT2D eigenvalue weighted by atomic mass is 16.6. The number of ether oxygens (including phenoxy) is 3. The molecule has 0 unspecified atom stereocenters. The van der Waals surface area contributed by atoms with Gasteiger partial charge in [0.15, 0.2) is 17.2 Å². The number of carbonyl (C=O) groups is 1. The molecule has 160 valence electrons. The van der Waals surface area contributed by atoms with Crippen molar-refractivity contribution in [3.8, 4) is 22.9 Å². The monoisotopic (exact) mass is 429 g/mol. The van der Waals surface area contributed by atoms with Gasteiger partial charge in [-0.15, -0.1) is 0 Å². The van der Waals surface area contributed by atoms with Gasteiger partial charge in [0.1, 0.15) is 19.0 Å². The van der Waals surface area contributed by atoms with Crippen molar-refractivity contribution in [3.05, 3.63) is 82.8 Å². The van der Waals surface area contributed by atoms with E-state index in [1.165, 1.54) is 4.68 Å². The number of carbonyl (C=O) groups excluding carboxylic acids is 1. The molecule has 3 aromatic carbocycles. The van der Waals surface area contributed by atoms with Gasteiger partial charge in [-0.25, -0.2) is 0 Å². The van der Waals surface area contributed by atoms with Crippen LogP contribution in [0.2, 0.25) is 0 Å². The van der Waals surface area contributed by atoms with E-state index in [0.717, 1.165) is 0 Å². The second kappa shape index (κ2) is 8.07. The first-order chi connectivity index (χ1) is 15.6. The summed E-state index contributed by atoms with van der Waals surface area (Å²) in [5.41, 5.74) is 0.820. The molecule has 0 radical (unpaired) electrons. The standard InChI is InChI=1S/C24H19N3O5/c1-30-17-6-4-5-16(14-17)27-24(29)19-8-3-2-7-18(19)22(26-27)23(28)25-15-9-10-20-21(13-15)32-12-11-31-20/h2-10,13-14H,11-12H2,1H3,(H,25,28). The molecule has 0 spiro atoms. The number of rotatable bonds is 4. The summed E-state index contributed by atoms with van der Waals surface area (Å²) in [5.74, 6) is 1.32. The number of nitrogens with one attached hydrogen (secondary N) is 1. The number of fused-ring (bicyclic) bond motifs is 2. The van der Waals surface area contributed by atoms with Crippen LogP contribution in [-0.4, -0.2) is 36.0 Å². The lowest BCUT2D eigenvalue weighted by atomic mass is 10.1. The van der Waals surface area contributed by atoms with Crippen molar-refractivity contribution in [2.75, 3.05) is 25.6 Å². The third-order valence-electron chi connectivity index (χ3n) is 5.12. The molecule has 1 amide bonds. The van der Waals surface area contributed by atoms with Gasteiger partial charge in [-0.2, -0.15) is 9.78 Å². The van der Waals surface area contributed by atoms with Crippen molar-refractivity contribution in [1.29, 1.82) is 0 Å². The number of benzene rings is 3. The summed E-state index contributed by atoms with van der Waals surface area (Å²) in [6.45, 7) is 0.933. The molecule has 0 bridgehead atoms. The lowest BCUT2D eigenvalue weighted by Crippen LogP contribution is -2.26. The van der Waals surface area contributed by atoms with Crippen LogP contribution in [0.3, 0.4) is 0 Å². The minimum absolute atomic E-state index is 0.123. The number of aromatic nitrogens is 2. The van der Waals surface area contributed by atoms with Crippen LogP contribution in [0.4, 0.5) is 5.69 Å². The fraction of sp³-hybridized carbons (Fsp3) is 0.125. The van der Waals surface area contributed by atoms with E-state index in [9.17, 15) is 9.59 Å². The van der Waals surface area contributed by atoms with Gasteiger partial charge in [0, 0.05) is 23.2 Å². The number of nitrogens with zero attached hydrogens (tertiary/aromatic N) is 2. The van der Waals surface area contributed by atoms with Crippen LogP contribution >= 0.6 is 0 Å². The van der Waals surface area contributed by atoms with E-state index in [1.54, 1.807) is 73.8 Å². The Morgan fingerprint density at radius 3 is 2.56 bits per heavy atom. The number of methoxy groups -OCH3 is 1. The van der Waals surface area contributed by atoms with E-state index in [-0.39, 0.29) is 11.3 Å². The van der Waals surface area contributed by atoms with Gasteiger partial charge >= 0.3 is 0 Å². The van der Waals surface area contributed by atoms with Gasteiger partial charge in [-0.1, -0.05) is 24.3 Å². The van der Waals surface area contributed by atoms with Gasteiger partial charge in [0.2, 0.25) is 0 Å². The Bertz CT molecular complexity index is 1400. The SMILES string of the molecule is COc1cccc(-n2nc(C(=O)Nc3ccc4c(c3)OCCO4)c3ccccc3c2=O)c1. The van der Waals surface area contributed by atoms with Crippen LogP contribution in [0, 0.1) is 0 Å². The van der Waals surface area contributed by atoms with Crippen molar-refractivity contribution in [3.63, 3.8) is 0 Å². The largest absolute Gasteiger partial charge is 0.497 e. The average Bonchev–Trinajstić information content (AvgIpc) is 2.84. The maximum absolute atomic E-state index is 13.2. The van der Waals surface area contributed by atoms with Gasteiger partial charge in [0.25, 0.3) is 11.5 Å². The first-order valence-corrected chi connectivity index (χ1v) is 10.0. The van der Waals surface area contributed by atoms with Gasteiger partial charge in [0.05, 0.1) is 18.2 Å². The molecular formula is C24H19N3O5. The summed E-state index contributed by atoms with van der Waals surface area (Å²) in [5, 5.41) is 8.11. The minimum Gasteiger partial charge on any atom is -0.497 e. The Hall–Kier alpha value is -4.33. The highest BCUT2D eigenvalue weighted by Gasteiger charge is 2.19. The van der Waals surface area contributed by atoms with E-state index >= 15 is 0 Å².